The van der Waals surface area contributed by atoms with Crippen LogP contribution in [-0.4, -0.2) is 31.5 Å². The topological polar surface area (TPSA) is 78.9 Å². The lowest BCUT2D eigenvalue weighted by Crippen LogP contribution is -2.21. The van der Waals surface area contributed by atoms with Gasteiger partial charge in [0.05, 0.1) is 30.5 Å². The van der Waals surface area contributed by atoms with E-state index in [1.165, 1.54) is 0 Å². The Balaban J connectivity index is 1.98. The SMILES string of the molecule is Cc1nc(N)nc2c1ncn2CC1(OCP)CC1. The summed E-state index contributed by atoms with van der Waals surface area (Å²) in [5.41, 5.74) is 8.07. The van der Waals surface area contributed by atoms with Crippen LogP contribution < -0.4 is 5.73 Å². The van der Waals surface area contributed by atoms with Crippen LogP contribution in [0.1, 0.15) is 18.5 Å². The molecule has 3 rings (SSSR count). The molecule has 2 aromatic rings. The van der Waals surface area contributed by atoms with Gasteiger partial charge in [-0.3, -0.25) is 0 Å². The van der Waals surface area contributed by atoms with Crippen LogP contribution in [0.2, 0.25) is 0 Å². The number of hydrogen-bond acceptors (Lipinski definition) is 5. The fraction of sp³-hybridized carbons (Fsp3) is 0.545. The van der Waals surface area contributed by atoms with Crippen LogP contribution in [0.4, 0.5) is 5.95 Å². The number of hydrogen-bond donors (Lipinski definition) is 1. The highest BCUT2D eigenvalue weighted by Crippen LogP contribution is 2.41. The van der Waals surface area contributed by atoms with E-state index in [9.17, 15) is 0 Å². The quantitative estimate of drug-likeness (QED) is 0.837. The average Bonchev–Trinajstić information content (AvgIpc) is 2.94. The van der Waals surface area contributed by atoms with Crippen LogP contribution in [0.25, 0.3) is 11.2 Å². The fourth-order valence-corrected chi connectivity index (χ4v) is 2.55. The van der Waals surface area contributed by atoms with Crippen molar-refractivity contribution in [2.24, 2.45) is 0 Å². The van der Waals surface area contributed by atoms with Crippen molar-refractivity contribution in [2.45, 2.75) is 31.9 Å². The van der Waals surface area contributed by atoms with Gasteiger partial charge in [0.15, 0.2) is 5.65 Å². The molecule has 0 spiro atoms. The van der Waals surface area contributed by atoms with Crippen LogP contribution in [-0.2, 0) is 11.3 Å². The summed E-state index contributed by atoms with van der Waals surface area (Å²) >= 11 is 0. The van der Waals surface area contributed by atoms with Gasteiger partial charge in [0.25, 0.3) is 0 Å². The van der Waals surface area contributed by atoms with Gasteiger partial charge in [0.1, 0.15) is 5.52 Å². The second kappa shape index (κ2) is 4.14. The molecule has 1 aliphatic rings. The molecule has 6 nitrogen and oxygen atoms in total. The molecular weight excluding hydrogens is 249 g/mol. The average molecular weight is 265 g/mol. The Bertz CT molecular complexity index is 592. The highest BCUT2D eigenvalue weighted by atomic mass is 31.0. The Kier molecular flexibility index (Phi) is 2.72. The van der Waals surface area contributed by atoms with E-state index in [0.29, 0.717) is 12.3 Å². The molecule has 1 fully saturated rings. The maximum Gasteiger partial charge on any atom is 0.222 e. The third-order valence-electron chi connectivity index (χ3n) is 3.31. The molecule has 0 radical (unpaired) electrons. The molecule has 2 aromatic heterocycles. The molecule has 96 valence electrons. The van der Waals surface area contributed by atoms with E-state index in [1.807, 2.05) is 11.5 Å². The molecule has 1 aliphatic carbocycles. The first-order chi connectivity index (χ1) is 8.63. The van der Waals surface area contributed by atoms with Crippen molar-refractivity contribution >= 4 is 26.4 Å². The predicted molar refractivity (Wildman–Crippen MR) is 72.1 cm³/mol. The summed E-state index contributed by atoms with van der Waals surface area (Å²) in [5.74, 6) is 0.290. The molecule has 1 atom stereocenters. The first kappa shape index (κ1) is 11.8. The van der Waals surface area contributed by atoms with Crippen LogP contribution in [0.5, 0.6) is 0 Å². The minimum atomic E-state index is -0.0387. The maximum atomic E-state index is 5.76. The molecule has 0 amide bonds. The number of ether oxygens (including phenoxy) is 1. The van der Waals surface area contributed by atoms with Crippen molar-refractivity contribution in [1.29, 1.82) is 0 Å². The zero-order chi connectivity index (χ0) is 12.8. The first-order valence-corrected chi connectivity index (χ1v) is 6.74. The van der Waals surface area contributed by atoms with E-state index in [-0.39, 0.29) is 5.60 Å². The Labute approximate surface area is 107 Å². The molecular formula is C11H16N5OP. The van der Waals surface area contributed by atoms with Crippen molar-refractivity contribution in [3.05, 3.63) is 12.0 Å². The number of nitrogens with zero attached hydrogens (tertiary/aromatic N) is 4. The first-order valence-electron chi connectivity index (χ1n) is 5.92. The van der Waals surface area contributed by atoms with Gasteiger partial charge in [-0.1, -0.05) is 0 Å². The zero-order valence-corrected chi connectivity index (χ0v) is 11.4. The van der Waals surface area contributed by atoms with Gasteiger partial charge in [-0.2, -0.15) is 4.98 Å². The van der Waals surface area contributed by atoms with E-state index >= 15 is 0 Å². The smallest absolute Gasteiger partial charge is 0.222 e. The summed E-state index contributed by atoms with van der Waals surface area (Å²) in [7, 11) is 2.60. The highest BCUT2D eigenvalue weighted by molar-refractivity contribution is 7.16. The van der Waals surface area contributed by atoms with Crippen LogP contribution >= 0.6 is 9.24 Å². The van der Waals surface area contributed by atoms with Crippen molar-refractivity contribution in [3.8, 4) is 0 Å². The number of rotatable bonds is 4. The molecule has 2 heterocycles. The standard InChI is InChI=1S/C11H16N5OP/c1-7-8-9(15-10(12)14-7)16(5-13-8)4-11(2-3-11)17-6-18/h5H,2-4,6,18H2,1H3,(H2,12,14,15). The minimum Gasteiger partial charge on any atom is -0.369 e. The Hall–Kier alpha value is -1.26. The molecule has 18 heavy (non-hydrogen) atoms. The summed E-state index contributed by atoms with van der Waals surface area (Å²) in [6.45, 7) is 2.66. The number of anilines is 1. The van der Waals surface area contributed by atoms with Crippen molar-refractivity contribution in [1.82, 2.24) is 19.5 Å². The largest absolute Gasteiger partial charge is 0.369 e. The lowest BCUT2D eigenvalue weighted by atomic mass is 10.3. The second-order valence-corrected chi connectivity index (χ2v) is 5.04. The van der Waals surface area contributed by atoms with Crippen molar-refractivity contribution < 1.29 is 4.74 Å². The van der Waals surface area contributed by atoms with Crippen molar-refractivity contribution in [2.75, 3.05) is 12.1 Å². The minimum absolute atomic E-state index is 0.0387. The monoisotopic (exact) mass is 265 g/mol. The van der Waals surface area contributed by atoms with Crippen LogP contribution in [0.15, 0.2) is 6.33 Å². The Morgan fingerprint density at radius 1 is 1.50 bits per heavy atom. The number of nitrogen functional groups attached to an aromatic ring is 1. The van der Waals surface area contributed by atoms with Gasteiger partial charge in [-0.15, -0.1) is 9.24 Å². The Morgan fingerprint density at radius 2 is 2.28 bits per heavy atom. The molecule has 2 N–H and O–H groups in total. The van der Waals surface area contributed by atoms with Crippen LogP contribution in [0, 0.1) is 6.92 Å². The number of aryl methyl sites for hydroxylation is 1. The van der Waals surface area contributed by atoms with Crippen LogP contribution in [0.3, 0.4) is 0 Å². The molecule has 0 bridgehead atoms. The maximum absolute atomic E-state index is 5.76. The summed E-state index contributed by atoms with van der Waals surface area (Å²) in [4.78, 5) is 12.7. The number of imidazole rings is 1. The van der Waals surface area contributed by atoms with E-state index in [0.717, 1.165) is 36.2 Å². The third kappa shape index (κ3) is 1.95. The van der Waals surface area contributed by atoms with E-state index < -0.39 is 0 Å². The lowest BCUT2D eigenvalue weighted by Gasteiger charge is -2.16. The Morgan fingerprint density at radius 3 is 2.94 bits per heavy atom. The molecule has 1 unspecified atom stereocenters. The summed E-state index contributed by atoms with van der Waals surface area (Å²) in [6.07, 6.45) is 4.61. The molecule has 0 saturated heterocycles. The van der Waals surface area contributed by atoms with Gasteiger partial charge in [-0.25, -0.2) is 9.97 Å². The van der Waals surface area contributed by atoms with E-state index in [4.69, 9.17) is 10.5 Å². The molecule has 7 heteroatoms. The summed E-state index contributed by atoms with van der Waals surface area (Å²) in [5, 5.41) is 0. The summed E-state index contributed by atoms with van der Waals surface area (Å²) < 4.78 is 7.77. The zero-order valence-electron chi connectivity index (χ0n) is 10.3. The normalized spacial score (nSPS) is 17.2. The molecule has 0 aromatic carbocycles. The van der Waals surface area contributed by atoms with Gasteiger partial charge in [0.2, 0.25) is 5.95 Å². The van der Waals surface area contributed by atoms with Gasteiger partial charge in [-0.05, 0) is 19.8 Å². The highest BCUT2D eigenvalue weighted by Gasteiger charge is 2.44. The number of nitrogens with two attached hydrogens (primary N) is 1. The van der Waals surface area contributed by atoms with Gasteiger partial charge in [0, 0.05) is 0 Å². The second-order valence-electron chi connectivity index (χ2n) is 4.71. The summed E-state index contributed by atoms with van der Waals surface area (Å²) in [6, 6.07) is 0. The number of fused-ring (bicyclic) bond motifs is 1. The van der Waals surface area contributed by atoms with Crippen molar-refractivity contribution in [3.63, 3.8) is 0 Å². The molecule has 1 saturated carbocycles. The van der Waals surface area contributed by atoms with E-state index in [2.05, 4.69) is 24.2 Å². The molecule has 0 aliphatic heterocycles. The fourth-order valence-electron chi connectivity index (χ4n) is 2.20. The predicted octanol–water partition coefficient (Wildman–Crippen LogP) is 1.10. The van der Waals surface area contributed by atoms with E-state index in [1.54, 1.807) is 6.33 Å². The lowest BCUT2D eigenvalue weighted by molar-refractivity contribution is 0.0541. The number of aromatic nitrogens is 4. The van der Waals surface area contributed by atoms with Gasteiger partial charge < -0.3 is 15.0 Å². The third-order valence-corrected chi connectivity index (χ3v) is 3.48. The van der Waals surface area contributed by atoms with Gasteiger partial charge >= 0.3 is 0 Å².